The zero-order valence-corrected chi connectivity index (χ0v) is 13.5. The number of alkyl halides is 3. The molecule has 1 aliphatic heterocycles. The van der Waals surface area contributed by atoms with Gasteiger partial charge in [-0.1, -0.05) is 19.8 Å². The van der Waals surface area contributed by atoms with Gasteiger partial charge in [0.05, 0.1) is 6.54 Å². The minimum atomic E-state index is -4.12. The van der Waals surface area contributed by atoms with Gasteiger partial charge in [-0.15, -0.1) is 0 Å². The van der Waals surface area contributed by atoms with Crippen molar-refractivity contribution >= 4 is 5.96 Å². The maximum atomic E-state index is 12.4. The maximum absolute atomic E-state index is 12.4. The number of likely N-dealkylation sites (tertiary alicyclic amines) is 1. The van der Waals surface area contributed by atoms with Crippen LogP contribution in [0, 0.1) is 5.41 Å². The van der Waals surface area contributed by atoms with Crippen molar-refractivity contribution in [3.63, 3.8) is 0 Å². The molecule has 1 aliphatic carbocycles. The zero-order chi connectivity index (χ0) is 16.2. The lowest BCUT2D eigenvalue weighted by Crippen LogP contribution is -2.47. The molecule has 1 unspecified atom stereocenters. The first-order chi connectivity index (χ1) is 10.3. The van der Waals surface area contributed by atoms with E-state index in [1.54, 1.807) is 7.05 Å². The molecule has 2 N–H and O–H groups in total. The highest BCUT2D eigenvalue weighted by atomic mass is 19.4. The molecule has 0 aromatic carbocycles. The van der Waals surface area contributed by atoms with Crippen LogP contribution in [-0.4, -0.2) is 56.3 Å². The van der Waals surface area contributed by atoms with Gasteiger partial charge in [0.25, 0.3) is 0 Å². The molecule has 22 heavy (non-hydrogen) atoms. The number of rotatable bonds is 4. The molecule has 7 heteroatoms. The molecule has 1 saturated heterocycles. The summed E-state index contributed by atoms with van der Waals surface area (Å²) in [7, 11) is 1.70. The van der Waals surface area contributed by atoms with Gasteiger partial charge in [0, 0.05) is 32.7 Å². The molecule has 4 nitrogen and oxygen atoms in total. The number of hydrogen-bond acceptors (Lipinski definition) is 2. The van der Waals surface area contributed by atoms with Crippen molar-refractivity contribution < 1.29 is 13.2 Å². The van der Waals surface area contributed by atoms with Crippen LogP contribution >= 0.6 is 0 Å². The summed E-state index contributed by atoms with van der Waals surface area (Å²) < 4.78 is 37.2. The highest BCUT2D eigenvalue weighted by Crippen LogP contribution is 2.36. The van der Waals surface area contributed by atoms with Crippen molar-refractivity contribution in [3.05, 3.63) is 0 Å². The molecule has 0 aromatic rings. The summed E-state index contributed by atoms with van der Waals surface area (Å²) in [6, 6.07) is 0.0323. The monoisotopic (exact) mass is 320 g/mol. The predicted octanol–water partition coefficient (Wildman–Crippen LogP) is 2.37. The summed E-state index contributed by atoms with van der Waals surface area (Å²) in [4.78, 5) is 5.64. The van der Waals surface area contributed by atoms with E-state index in [1.165, 1.54) is 30.6 Å². The van der Waals surface area contributed by atoms with Gasteiger partial charge in [-0.05, 0) is 24.7 Å². The second-order valence-electron chi connectivity index (χ2n) is 6.92. The normalized spacial score (nSPS) is 26.4. The Hall–Kier alpha value is -0.980. The fraction of sp³-hybridized carbons (Fsp3) is 0.933. The second kappa shape index (κ2) is 7.06. The first kappa shape index (κ1) is 17.4. The lowest BCUT2D eigenvalue weighted by atomic mass is 9.89. The van der Waals surface area contributed by atoms with Gasteiger partial charge in [-0.25, -0.2) is 0 Å². The number of guanidine groups is 1. The van der Waals surface area contributed by atoms with Crippen LogP contribution in [0.4, 0.5) is 13.2 Å². The summed E-state index contributed by atoms with van der Waals surface area (Å²) >= 11 is 0. The Morgan fingerprint density at radius 3 is 2.59 bits per heavy atom. The van der Waals surface area contributed by atoms with Crippen molar-refractivity contribution in [2.45, 2.75) is 51.2 Å². The fourth-order valence-electron chi connectivity index (χ4n) is 3.44. The average molecular weight is 320 g/mol. The minimum absolute atomic E-state index is 0.0323. The third kappa shape index (κ3) is 5.34. The van der Waals surface area contributed by atoms with E-state index in [0.29, 0.717) is 30.9 Å². The highest BCUT2D eigenvalue weighted by molar-refractivity contribution is 5.80. The van der Waals surface area contributed by atoms with E-state index < -0.39 is 12.7 Å². The first-order valence-corrected chi connectivity index (χ1v) is 8.06. The van der Waals surface area contributed by atoms with Crippen LogP contribution in [0.1, 0.15) is 39.0 Å². The van der Waals surface area contributed by atoms with Gasteiger partial charge in [-0.2, -0.15) is 13.2 Å². The van der Waals surface area contributed by atoms with Crippen molar-refractivity contribution in [1.29, 1.82) is 0 Å². The van der Waals surface area contributed by atoms with Crippen LogP contribution in [0.3, 0.4) is 0 Å². The van der Waals surface area contributed by atoms with E-state index in [4.69, 9.17) is 0 Å². The lowest BCUT2D eigenvalue weighted by molar-refractivity contribution is -0.143. The molecule has 0 spiro atoms. The van der Waals surface area contributed by atoms with E-state index in [2.05, 4.69) is 22.5 Å². The molecule has 0 aromatic heterocycles. The van der Waals surface area contributed by atoms with E-state index >= 15 is 0 Å². The minimum Gasteiger partial charge on any atom is -0.356 e. The van der Waals surface area contributed by atoms with Crippen molar-refractivity contribution in [3.8, 4) is 0 Å². The Morgan fingerprint density at radius 1 is 1.32 bits per heavy atom. The largest absolute Gasteiger partial charge is 0.401 e. The first-order valence-electron chi connectivity index (χ1n) is 8.06. The number of nitrogens with one attached hydrogen (secondary N) is 2. The third-order valence-corrected chi connectivity index (χ3v) is 4.73. The van der Waals surface area contributed by atoms with Gasteiger partial charge in [0.15, 0.2) is 5.96 Å². The molecule has 0 radical (unpaired) electrons. The van der Waals surface area contributed by atoms with Crippen LogP contribution in [0.5, 0.6) is 0 Å². The Kier molecular flexibility index (Phi) is 5.58. The second-order valence-corrected chi connectivity index (χ2v) is 6.92. The molecule has 1 atom stereocenters. The van der Waals surface area contributed by atoms with Gasteiger partial charge < -0.3 is 10.6 Å². The smallest absolute Gasteiger partial charge is 0.356 e. The van der Waals surface area contributed by atoms with Crippen LogP contribution in [-0.2, 0) is 0 Å². The predicted molar refractivity (Wildman–Crippen MR) is 82.0 cm³/mol. The number of aliphatic imine (C=N–C) groups is 1. The lowest BCUT2D eigenvalue weighted by Gasteiger charge is -2.26. The van der Waals surface area contributed by atoms with Crippen molar-refractivity contribution in [1.82, 2.24) is 15.5 Å². The van der Waals surface area contributed by atoms with Gasteiger partial charge in [-0.3, -0.25) is 9.89 Å². The number of nitrogens with zero attached hydrogens (tertiary/aromatic N) is 2. The van der Waals surface area contributed by atoms with Crippen molar-refractivity contribution in [2.24, 2.45) is 10.4 Å². The fourth-order valence-corrected chi connectivity index (χ4v) is 3.44. The quantitative estimate of drug-likeness (QED) is 0.617. The van der Waals surface area contributed by atoms with E-state index in [-0.39, 0.29) is 6.04 Å². The van der Waals surface area contributed by atoms with Crippen LogP contribution in [0.15, 0.2) is 4.99 Å². The Morgan fingerprint density at radius 2 is 2.00 bits per heavy atom. The molecule has 0 amide bonds. The van der Waals surface area contributed by atoms with E-state index in [0.717, 1.165) is 6.54 Å². The van der Waals surface area contributed by atoms with Crippen LogP contribution in [0.2, 0.25) is 0 Å². The zero-order valence-electron chi connectivity index (χ0n) is 13.5. The maximum Gasteiger partial charge on any atom is 0.401 e. The molecule has 0 bridgehead atoms. The summed E-state index contributed by atoms with van der Waals surface area (Å²) in [5, 5.41) is 6.59. The highest BCUT2D eigenvalue weighted by Gasteiger charge is 2.34. The summed E-state index contributed by atoms with van der Waals surface area (Å²) in [6.07, 6.45) is 1.60. The summed E-state index contributed by atoms with van der Waals surface area (Å²) in [5.74, 6) is 0.701. The van der Waals surface area contributed by atoms with Crippen LogP contribution in [0.25, 0.3) is 0 Å². The van der Waals surface area contributed by atoms with Crippen molar-refractivity contribution in [2.75, 3.05) is 33.2 Å². The van der Waals surface area contributed by atoms with E-state index in [1.807, 2.05) is 0 Å². The molecular formula is C15H27F3N4. The van der Waals surface area contributed by atoms with E-state index in [9.17, 15) is 13.2 Å². The molecule has 2 fully saturated rings. The summed E-state index contributed by atoms with van der Waals surface area (Å²) in [6.45, 7) is 3.21. The standard InChI is InChI=1S/C15H27F3N4/c1-14(6-3-4-7-14)10-20-13(19-2)21-12-5-8-22(9-12)11-15(16,17)18/h12H,3-11H2,1-2H3,(H2,19,20,21). The number of hydrogen-bond donors (Lipinski definition) is 2. The van der Waals surface area contributed by atoms with Crippen LogP contribution < -0.4 is 10.6 Å². The molecule has 1 saturated carbocycles. The Labute approximate surface area is 130 Å². The van der Waals surface area contributed by atoms with Gasteiger partial charge in [0.2, 0.25) is 0 Å². The summed E-state index contributed by atoms with van der Waals surface area (Å²) in [5.41, 5.74) is 0.315. The molecule has 2 rings (SSSR count). The molecular weight excluding hydrogens is 293 g/mol. The molecule has 2 aliphatic rings. The average Bonchev–Trinajstić information content (AvgIpc) is 3.03. The van der Waals surface area contributed by atoms with Gasteiger partial charge >= 0.3 is 6.18 Å². The Bertz CT molecular complexity index is 389. The topological polar surface area (TPSA) is 39.7 Å². The third-order valence-electron chi connectivity index (χ3n) is 4.73. The SMILES string of the molecule is CN=C(NCC1(C)CCCC1)NC1CCN(CC(F)(F)F)C1. The van der Waals surface area contributed by atoms with Gasteiger partial charge in [0.1, 0.15) is 0 Å². The molecule has 128 valence electrons. The number of halogens is 3. The molecule has 1 heterocycles. The Balaban J connectivity index is 1.74.